The number of aromatic nitrogens is 5. The van der Waals surface area contributed by atoms with Crippen molar-refractivity contribution < 1.29 is 4.79 Å². The number of rotatable bonds is 7. The molecular formula is C20H24N6OS2. The molecule has 0 radical (unpaired) electrons. The van der Waals surface area contributed by atoms with E-state index in [0.29, 0.717) is 11.8 Å². The summed E-state index contributed by atoms with van der Waals surface area (Å²) in [5.41, 5.74) is 2.93. The molecule has 0 spiro atoms. The van der Waals surface area contributed by atoms with Crippen LogP contribution in [0.25, 0.3) is 0 Å². The first kappa shape index (κ1) is 20.0. The summed E-state index contributed by atoms with van der Waals surface area (Å²) >= 11 is 3.12. The minimum atomic E-state index is -0.0522. The highest BCUT2D eigenvalue weighted by atomic mass is 32.2. The van der Waals surface area contributed by atoms with E-state index in [1.165, 1.54) is 36.2 Å². The number of nitrogens with zero attached hydrogens (tertiary/aromatic N) is 5. The summed E-state index contributed by atoms with van der Waals surface area (Å²) in [4.78, 5) is 16.9. The van der Waals surface area contributed by atoms with E-state index in [2.05, 4.69) is 25.8 Å². The normalized spacial score (nSPS) is 14.8. The Morgan fingerprint density at radius 3 is 2.83 bits per heavy atom. The van der Waals surface area contributed by atoms with Crippen LogP contribution in [0.1, 0.15) is 54.4 Å². The van der Waals surface area contributed by atoms with Crippen LogP contribution in [0.4, 0.5) is 5.69 Å². The molecule has 152 valence electrons. The third kappa shape index (κ3) is 5.42. The van der Waals surface area contributed by atoms with Gasteiger partial charge in [0.15, 0.2) is 0 Å². The van der Waals surface area contributed by atoms with Gasteiger partial charge >= 0.3 is 0 Å². The topological polar surface area (TPSA) is 85.6 Å². The Morgan fingerprint density at radius 2 is 2.03 bits per heavy atom. The van der Waals surface area contributed by atoms with Gasteiger partial charge < -0.3 is 5.32 Å². The molecule has 1 aliphatic rings. The second-order valence-corrected chi connectivity index (χ2v) is 9.20. The summed E-state index contributed by atoms with van der Waals surface area (Å²) in [6.07, 6.45) is 6.37. The number of thioether (sulfide) groups is 1. The van der Waals surface area contributed by atoms with Gasteiger partial charge in [0.05, 0.1) is 18.2 Å². The lowest BCUT2D eigenvalue weighted by atomic mass is 9.96. The summed E-state index contributed by atoms with van der Waals surface area (Å²) in [6.45, 7) is 2.02. The number of thiazole rings is 1. The molecule has 3 aromatic rings. The highest BCUT2D eigenvalue weighted by Crippen LogP contribution is 2.31. The molecule has 29 heavy (non-hydrogen) atoms. The number of aryl methyl sites for hydroxylation is 1. The van der Waals surface area contributed by atoms with Crippen LogP contribution in [0.2, 0.25) is 0 Å². The second-order valence-electron chi connectivity index (χ2n) is 7.31. The molecule has 1 fully saturated rings. The third-order valence-corrected chi connectivity index (χ3v) is 6.84. The third-order valence-electron chi connectivity index (χ3n) is 4.98. The first-order valence-corrected chi connectivity index (χ1v) is 11.7. The number of benzene rings is 1. The maximum Gasteiger partial charge on any atom is 0.231 e. The summed E-state index contributed by atoms with van der Waals surface area (Å²) < 4.78 is 1.98. The van der Waals surface area contributed by atoms with Crippen LogP contribution in [0, 0.1) is 6.92 Å². The van der Waals surface area contributed by atoms with Gasteiger partial charge in [-0.05, 0) is 42.3 Å². The van der Waals surface area contributed by atoms with Crippen molar-refractivity contribution in [3.8, 4) is 0 Å². The van der Waals surface area contributed by atoms with Crippen LogP contribution >= 0.6 is 23.1 Å². The van der Waals surface area contributed by atoms with Gasteiger partial charge in [-0.2, -0.15) is 0 Å². The number of amides is 1. The summed E-state index contributed by atoms with van der Waals surface area (Å²) in [5, 5.41) is 18.9. The van der Waals surface area contributed by atoms with E-state index < -0.39 is 0 Å². The smallest absolute Gasteiger partial charge is 0.231 e. The van der Waals surface area contributed by atoms with Crippen LogP contribution in [-0.2, 0) is 17.0 Å². The van der Waals surface area contributed by atoms with Gasteiger partial charge in [0.1, 0.15) is 5.01 Å². The standard InChI is InChI=1S/C20H24N6OS2/c1-14-7-9-15(10-8-14)21-18(27)11-19-22-16(12-28-19)13-29-20-23-24-25-26(20)17-5-3-2-4-6-17/h7-10,12,17H,2-6,11,13H2,1H3,(H,21,27). The van der Waals surface area contributed by atoms with Crippen molar-refractivity contribution in [2.75, 3.05) is 5.32 Å². The van der Waals surface area contributed by atoms with Crippen LogP contribution in [0.5, 0.6) is 0 Å². The van der Waals surface area contributed by atoms with Gasteiger partial charge in [0, 0.05) is 16.8 Å². The first-order chi connectivity index (χ1) is 14.2. The monoisotopic (exact) mass is 428 g/mol. The second kappa shape index (κ2) is 9.49. The van der Waals surface area contributed by atoms with Crippen molar-refractivity contribution in [2.45, 2.75) is 62.4 Å². The number of nitrogens with one attached hydrogen (secondary N) is 1. The van der Waals surface area contributed by atoms with E-state index in [1.54, 1.807) is 11.8 Å². The Bertz CT molecular complexity index is 946. The van der Waals surface area contributed by atoms with Crippen molar-refractivity contribution in [1.82, 2.24) is 25.2 Å². The van der Waals surface area contributed by atoms with Crippen molar-refractivity contribution in [2.24, 2.45) is 0 Å². The van der Waals surface area contributed by atoms with Crippen molar-refractivity contribution in [3.05, 3.63) is 45.9 Å². The van der Waals surface area contributed by atoms with Crippen molar-refractivity contribution in [1.29, 1.82) is 0 Å². The number of carbonyl (C=O) groups excluding carboxylic acids is 1. The maximum atomic E-state index is 12.3. The van der Waals surface area contributed by atoms with E-state index in [9.17, 15) is 4.79 Å². The molecule has 1 aliphatic carbocycles. The summed E-state index contributed by atoms with van der Waals surface area (Å²) in [6, 6.07) is 8.20. The minimum absolute atomic E-state index is 0.0522. The quantitative estimate of drug-likeness (QED) is 0.561. The largest absolute Gasteiger partial charge is 0.326 e. The lowest BCUT2D eigenvalue weighted by Gasteiger charge is -2.21. The highest BCUT2D eigenvalue weighted by molar-refractivity contribution is 7.98. The van der Waals surface area contributed by atoms with Gasteiger partial charge in [-0.1, -0.05) is 48.7 Å². The van der Waals surface area contributed by atoms with Crippen molar-refractivity contribution >= 4 is 34.7 Å². The Labute approximate surface area is 178 Å². The average molecular weight is 429 g/mol. The number of carbonyl (C=O) groups is 1. The molecular weight excluding hydrogens is 404 g/mol. The maximum absolute atomic E-state index is 12.3. The Hall–Kier alpha value is -2.26. The van der Waals surface area contributed by atoms with Gasteiger partial charge in [-0.3, -0.25) is 4.79 Å². The molecule has 0 unspecified atom stereocenters. The van der Waals surface area contributed by atoms with Crippen LogP contribution in [0.3, 0.4) is 0 Å². The molecule has 0 aliphatic heterocycles. The SMILES string of the molecule is Cc1ccc(NC(=O)Cc2nc(CSc3nnnn3C3CCCCC3)cs2)cc1. The van der Waals surface area contributed by atoms with Gasteiger partial charge in [-0.15, -0.1) is 16.4 Å². The highest BCUT2D eigenvalue weighted by Gasteiger charge is 2.20. The molecule has 1 amide bonds. The van der Waals surface area contributed by atoms with Gasteiger partial charge in [-0.25, -0.2) is 9.67 Å². The fourth-order valence-electron chi connectivity index (χ4n) is 3.45. The van der Waals surface area contributed by atoms with Crippen LogP contribution < -0.4 is 5.32 Å². The Balaban J connectivity index is 1.30. The van der Waals surface area contributed by atoms with E-state index in [1.807, 2.05) is 41.3 Å². The van der Waals surface area contributed by atoms with Gasteiger partial charge in [0.2, 0.25) is 11.1 Å². The van der Waals surface area contributed by atoms with E-state index >= 15 is 0 Å². The Morgan fingerprint density at radius 1 is 1.24 bits per heavy atom. The zero-order valence-electron chi connectivity index (χ0n) is 16.4. The zero-order chi connectivity index (χ0) is 20.1. The van der Waals surface area contributed by atoms with Crippen LogP contribution in [0.15, 0.2) is 34.8 Å². The predicted octanol–water partition coefficient (Wildman–Crippen LogP) is 4.42. The molecule has 2 heterocycles. The molecule has 0 bridgehead atoms. The van der Waals surface area contributed by atoms with Crippen LogP contribution in [-0.4, -0.2) is 31.1 Å². The molecule has 2 aromatic heterocycles. The summed E-state index contributed by atoms with van der Waals surface area (Å²) in [7, 11) is 0. The molecule has 1 aromatic carbocycles. The number of tetrazole rings is 1. The minimum Gasteiger partial charge on any atom is -0.326 e. The molecule has 1 saturated carbocycles. The van der Waals surface area contributed by atoms with Crippen molar-refractivity contribution in [3.63, 3.8) is 0 Å². The molecule has 4 rings (SSSR count). The molecule has 7 nitrogen and oxygen atoms in total. The first-order valence-electron chi connectivity index (χ1n) is 9.88. The number of hydrogen-bond donors (Lipinski definition) is 1. The Kier molecular flexibility index (Phi) is 6.56. The number of anilines is 1. The van der Waals surface area contributed by atoms with E-state index in [-0.39, 0.29) is 12.3 Å². The predicted molar refractivity (Wildman–Crippen MR) is 115 cm³/mol. The van der Waals surface area contributed by atoms with Gasteiger partial charge in [0.25, 0.3) is 0 Å². The summed E-state index contributed by atoms with van der Waals surface area (Å²) in [5.74, 6) is 0.645. The lowest BCUT2D eigenvalue weighted by Crippen LogP contribution is -2.15. The van der Waals surface area contributed by atoms with E-state index in [4.69, 9.17) is 0 Å². The molecule has 1 N–H and O–H groups in total. The fourth-order valence-corrected chi connectivity index (χ4v) is 5.18. The molecule has 9 heteroatoms. The molecule has 0 saturated heterocycles. The molecule has 0 atom stereocenters. The van der Waals surface area contributed by atoms with E-state index in [0.717, 1.165) is 34.4 Å². The zero-order valence-corrected chi connectivity index (χ0v) is 18.0. The average Bonchev–Trinajstić information content (AvgIpc) is 3.38. The number of hydrogen-bond acceptors (Lipinski definition) is 7. The fraction of sp³-hybridized carbons (Fsp3) is 0.450. The lowest BCUT2D eigenvalue weighted by molar-refractivity contribution is -0.115.